The van der Waals surface area contributed by atoms with Gasteiger partial charge in [-0.3, -0.25) is 9.59 Å². The van der Waals surface area contributed by atoms with Crippen LogP contribution in [0.5, 0.6) is 0 Å². The number of nitrogens with one attached hydrogen (secondary N) is 2. The summed E-state index contributed by atoms with van der Waals surface area (Å²) in [4.78, 5) is 23.9. The van der Waals surface area contributed by atoms with E-state index in [0.717, 1.165) is 11.1 Å². The van der Waals surface area contributed by atoms with Crippen molar-refractivity contribution in [3.8, 4) is 0 Å². The second-order valence-corrected chi connectivity index (χ2v) is 5.97. The number of hydrogen-bond acceptors (Lipinski definition) is 5. The Balaban J connectivity index is 1.76. The molecule has 0 radical (unpaired) electrons. The van der Waals surface area contributed by atoms with Crippen molar-refractivity contribution in [1.82, 2.24) is 10.6 Å². The Bertz CT molecular complexity index is 713. The molecule has 8 heteroatoms. The number of carbonyl (C=O) groups excluding carboxylic acids is 2. The van der Waals surface area contributed by atoms with Crippen LogP contribution in [0.3, 0.4) is 0 Å². The first-order chi connectivity index (χ1) is 13.0. The number of carbonyl (C=O) groups is 2. The Labute approximate surface area is 158 Å². The Morgan fingerprint density at radius 2 is 1.44 bits per heavy atom. The van der Waals surface area contributed by atoms with Gasteiger partial charge in [-0.2, -0.15) is 0 Å². The van der Waals surface area contributed by atoms with Crippen molar-refractivity contribution in [3.63, 3.8) is 0 Å². The van der Waals surface area contributed by atoms with Crippen LogP contribution in [0.2, 0.25) is 0 Å². The SMILES string of the molecule is O=C(CCC(=O)N[C@@H](Cc1ccccc1)OB(O)O)NCc1ccccc1. The van der Waals surface area contributed by atoms with Crippen LogP contribution in [0, 0.1) is 0 Å². The lowest BCUT2D eigenvalue weighted by atomic mass is 10.1. The van der Waals surface area contributed by atoms with E-state index in [9.17, 15) is 9.59 Å². The predicted octanol–water partition coefficient (Wildman–Crippen LogP) is 0.754. The van der Waals surface area contributed by atoms with E-state index in [2.05, 4.69) is 10.6 Å². The number of rotatable bonds is 10. The summed E-state index contributed by atoms with van der Waals surface area (Å²) in [5.41, 5.74) is 1.84. The first kappa shape index (κ1) is 20.6. The van der Waals surface area contributed by atoms with Crippen molar-refractivity contribution in [2.75, 3.05) is 0 Å². The van der Waals surface area contributed by atoms with E-state index in [-0.39, 0.29) is 25.2 Å². The molecule has 0 heterocycles. The monoisotopic (exact) mass is 370 g/mol. The van der Waals surface area contributed by atoms with Gasteiger partial charge in [-0.05, 0) is 11.1 Å². The van der Waals surface area contributed by atoms with E-state index >= 15 is 0 Å². The van der Waals surface area contributed by atoms with Crippen molar-refractivity contribution >= 4 is 19.1 Å². The van der Waals surface area contributed by atoms with Gasteiger partial charge in [0.15, 0.2) is 0 Å². The van der Waals surface area contributed by atoms with Crippen LogP contribution in [0.25, 0.3) is 0 Å². The fourth-order valence-electron chi connectivity index (χ4n) is 2.47. The molecule has 0 saturated carbocycles. The van der Waals surface area contributed by atoms with Gasteiger partial charge in [0.2, 0.25) is 11.8 Å². The minimum Gasteiger partial charge on any atom is -0.402 e. The minimum absolute atomic E-state index is 0.0262. The number of amides is 2. The third kappa shape index (κ3) is 8.50. The van der Waals surface area contributed by atoms with Gasteiger partial charge in [-0.25, -0.2) is 0 Å². The van der Waals surface area contributed by atoms with Gasteiger partial charge in [0.25, 0.3) is 0 Å². The molecule has 0 aromatic heterocycles. The molecule has 0 saturated heterocycles. The van der Waals surface area contributed by atoms with Gasteiger partial charge >= 0.3 is 7.32 Å². The van der Waals surface area contributed by atoms with Crippen LogP contribution in [0.1, 0.15) is 24.0 Å². The van der Waals surface area contributed by atoms with Crippen molar-refractivity contribution in [3.05, 3.63) is 71.8 Å². The standard InChI is InChI=1S/C19H23BN2O5/c23-17(21-14-16-9-5-2-6-10-16)11-12-18(24)22-19(27-20(25)26)13-15-7-3-1-4-8-15/h1-10,19,25-26H,11-14H2,(H,21,23)(H,22,24)/t19-/m1/s1. The molecule has 0 fully saturated rings. The van der Waals surface area contributed by atoms with Gasteiger partial charge in [-0.15, -0.1) is 0 Å². The minimum atomic E-state index is -2.01. The molecule has 0 bridgehead atoms. The first-order valence-corrected chi connectivity index (χ1v) is 8.68. The molecule has 27 heavy (non-hydrogen) atoms. The lowest BCUT2D eigenvalue weighted by Gasteiger charge is -2.19. The van der Waals surface area contributed by atoms with E-state index < -0.39 is 19.5 Å². The summed E-state index contributed by atoms with van der Waals surface area (Å²) in [5.74, 6) is -0.650. The maximum atomic E-state index is 12.1. The summed E-state index contributed by atoms with van der Waals surface area (Å²) < 4.78 is 4.92. The Hall–Kier alpha value is -2.68. The van der Waals surface area contributed by atoms with E-state index in [4.69, 9.17) is 14.7 Å². The molecular formula is C19H23BN2O5. The predicted molar refractivity (Wildman–Crippen MR) is 101 cm³/mol. The highest BCUT2D eigenvalue weighted by Gasteiger charge is 2.20. The van der Waals surface area contributed by atoms with Gasteiger partial charge in [0.1, 0.15) is 6.23 Å². The Kier molecular flexibility index (Phi) is 8.50. The van der Waals surface area contributed by atoms with Crippen LogP contribution in [0.4, 0.5) is 0 Å². The molecule has 0 aliphatic carbocycles. The third-order valence-corrected chi connectivity index (χ3v) is 3.78. The van der Waals surface area contributed by atoms with E-state index in [1.54, 1.807) is 0 Å². The molecule has 142 valence electrons. The molecule has 2 aromatic carbocycles. The average Bonchev–Trinajstić information content (AvgIpc) is 2.66. The number of benzene rings is 2. The number of hydrogen-bond donors (Lipinski definition) is 4. The van der Waals surface area contributed by atoms with Gasteiger partial charge in [0, 0.05) is 25.8 Å². The highest BCUT2D eigenvalue weighted by Crippen LogP contribution is 2.05. The zero-order valence-corrected chi connectivity index (χ0v) is 14.9. The molecule has 2 amide bonds. The van der Waals surface area contributed by atoms with E-state index in [1.165, 1.54) is 0 Å². The fourth-order valence-corrected chi connectivity index (χ4v) is 2.47. The quantitative estimate of drug-likeness (QED) is 0.365. The van der Waals surface area contributed by atoms with Crippen LogP contribution in [-0.4, -0.2) is 35.4 Å². The summed E-state index contributed by atoms with van der Waals surface area (Å²) in [7, 11) is -2.01. The molecule has 2 rings (SSSR count). The Morgan fingerprint density at radius 3 is 2.04 bits per heavy atom. The lowest BCUT2D eigenvalue weighted by Crippen LogP contribution is -2.42. The van der Waals surface area contributed by atoms with Crippen molar-refractivity contribution in [2.45, 2.75) is 32.0 Å². The lowest BCUT2D eigenvalue weighted by molar-refractivity contribution is -0.128. The zero-order valence-electron chi connectivity index (χ0n) is 14.9. The topological polar surface area (TPSA) is 108 Å². The fraction of sp³-hybridized carbons (Fsp3) is 0.263. The van der Waals surface area contributed by atoms with Crippen LogP contribution in [-0.2, 0) is 27.2 Å². The van der Waals surface area contributed by atoms with Crippen LogP contribution < -0.4 is 10.6 Å². The molecule has 7 nitrogen and oxygen atoms in total. The van der Waals surface area contributed by atoms with Crippen molar-refractivity contribution < 1.29 is 24.3 Å². The smallest absolute Gasteiger partial charge is 0.402 e. The third-order valence-electron chi connectivity index (χ3n) is 3.78. The molecule has 0 unspecified atom stereocenters. The summed E-state index contributed by atoms with van der Waals surface area (Å²) in [6.07, 6.45) is -0.646. The van der Waals surface area contributed by atoms with E-state index in [1.807, 2.05) is 60.7 Å². The summed E-state index contributed by atoms with van der Waals surface area (Å²) in [6, 6.07) is 18.7. The molecule has 0 spiro atoms. The first-order valence-electron chi connectivity index (χ1n) is 8.68. The molecule has 0 aliphatic rings. The Morgan fingerprint density at radius 1 is 0.889 bits per heavy atom. The van der Waals surface area contributed by atoms with Gasteiger partial charge in [-0.1, -0.05) is 60.7 Å². The molecular weight excluding hydrogens is 347 g/mol. The normalized spacial score (nSPS) is 11.5. The van der Waals surface area contributed by atoms with Crippen molar-refractivity contribution in [1.29, 1.82) is 0 Å². The highest BCUT2D eigenvalue weighted by atomic mass is 16.6. The molecule has 0 aliphatic heterocycles. The van der Waals surface area contributed by atoms with Crippen molar-refractivity contribution in [2.24, 2.45) is 0 Å². The van der Waals surface area contributed by atoms with E-state index in [0.29, 0.717) is 6.54 Å². The maximum absolute atomic E-state index is 12.1. The molecule has 2 aromatic rings. The summed E-state index contributed by atoms with van der Waals surface area (Å²) >= 11 is 0. The second-order valence-electron chi connectivity index (χ2n) is 5.97. The average molecular weight is 370 g/mol. The van der Waals surface area contributed by atoms with Crippen LogP contribution in [0.15, 0.2) is 60.7 Å². The van der Waals surface area contributed by atoms with Crippen LogP contribution >= 0.6 is 0 Å². The van der Waals surface area contributed by atoms with Gasteiger partial charge in [0.05, 0.1) is 0 Å². The highest BCUT2D eigenvalue weighted by molar-refractivity contribution is 6.32. The molecule has 1 atom stereocenters. The largest absolute Gasteiger partial charge is 0.635 e. The molecule has 4 N–H and O–H groups in total. The zero-order chi connectivity index (χ0) is 19.5. The second kappa shape index (κ2) is 11.1. The summed E-state index contributed by atoms with van der Waals surface area (Å²) in [6.45, 7) is 0.401. The maximum Gasteiger partial charge on any atom is 0.635 e. The van der Waals surface area contributed by atoms with Gasteiger partial charge < -0.3 is 25.3 Å². The summed E-state index contributed by atoms with van der Waals surface area (Å²) in [5, 5.41) is 23.4.